The Morgan fingerprint density at radius 2 is 1.68 bits per heavy atom. The van der Waals surface area contributed by atoms with Crippen molar-refractivity contribution in [2.75, 3.05) is 26.1 Å². The van der Waals surface area contributed by atoms with Crippen molar-refractivity contribution in [2.45, 2.75) is 6.04 Å². The van der Waals surface area contributed by atoms with Crippen LogP contribution in [0.3, 0.4) is 0 Å². The molecule has 0 aromatic heterocycles. The molecule has 0 fully saturated rings. The fourth-order valence-electron chi connectivity index (χ4n) is 3.13. The van der Waals surface area contributed by atoms with Crippen LogP contribution in [0, 0.1) is 0 Å². The average molecular weight is 483 g/mol. The second-order valence-electron chi connectivity index (χ2n) is 6.71. The molecule has 0 bridgehead atoms. The highest BCUT2D eigenvalue weighted by Crippen LogP contribution is 2.31. The minimum Gasteiger partial charge on any atom is -0.497 e. The number of halogens is 1. The van der Waals surface area contributed by atoms with Crippen LogP contribution in [0.4, 0.5) is 5.69 Å². The van der Waals surface area contributed by atoms with Crippen LogP contribution in [0.15, 0.2) is 77.3 Å². The summed E-state index contributed by atoms with van der Waals surface area (Å²) in [5, 5.41) is 6.22. The molecule has 31 heavy (non-hydrogen) atoms. The predicted octanol–water partition coefficient (Wildman–Crippen LogP) is 4.56. The van der Waals surface area contributed by atoms with Crippen LogP contribution < -0.4 is 15.4 Å². The molecule has 7 heteroatoms. The van der Waals surface area contributed by atoms with E-state index in [1.54, 1.807) is 31.4 Å². The Kier molecular flexibility index (Phi) is 7.81. The van der Waals surface area contributed by atoms with Crippen LogP contribution in [0.25, 0.3) is 0 Å². The molecule has 6 nitrogen and oxygen atoms in total. The number of anilines is 1. The summed E-state index contributed by atoms with van der Waals surface area (Å²) in [6.45, 7) is 0.0223. The Hall–Kier alpha value is -3.16. The van der Waals surface area contributed by atoms with Crippen LogP contribution in [0.5, 0.6) is 5.75 Å². The third kappa shape index (κ3) is 5.93. The summed E-state index contributed by atoms with van der Waals surface area (Å²) in [4.78, 5) is 24.6. The molecule has 3 aromatic rings. The number of rotatable bonds is 8. The summed E-state index contributed by atoms with van der Waals surface area (Å²) >= 11 is 3.51. The van der Waals surface area contributed by atoms with Crippen molar-refractivity contribution in [3.8, 4) is 5.75 Å². The average Bonchev–Trinajstić information content (AvgIpc) is 2.81. The Balaban J connectivity index is 1.94. The predicted molar refractivity (Wildman–Crippen MR) is 123 cm³/mol. The van der Waals surface area contributed by atoms with E-state index in [1.165, 1.54) is 7.11 Å². The first-order valence-corrected chi connectivity index (χ1v) is 10.4. The van der Waals surface area contributed by atoms with Crippen molar-refractivity contribution in [1.29, 1.82) is 0 Å². The Labute approximate surface area is 189 Å². The highest BCUT2D eigenvalue weighted by Gasteiger charge is 2.20. The van der Waals surface area contributed by atoms with Gasteiger partial charge in [-0.2, -0.15) is 0 Å². The second-order valence-corrected chi connectivity index (χ2v) is 7.63. The van der Waals surface area contributed by atoms with Gasteiger partial charge in [0, 0.05) is 15.7 Å². The van der Waals surface area contributed by atoms with Crippen LogP contribution >= 0.6 is 15.9 Å². The highest BCUT2D eigenvalue weighted by atomic mass is 79.9. The molecule has 0 saturated heterocycles. The summed E-state index contributed by atoms with van der Waals surface area (Å²) in [6.07, 6.45) is 0. The highest BCUT2D eigenvalue weighted by molar-refractivity contribution is 9.10. The lowest BCUT2D eigenvalue weighted by Crippen LogP contribution is -2.30. The molecule has 0 aliphatic heterocycles. The van der Waals surface area contributed by atoms with E-state index in [0.29, 0.717) is 17.0 Å². The van der Waals surface area contributed by atoms with Gasteiger partial charge in [0.1, 0.15) is 5.75 Å². The SMILES string of the molecule is COC(=O)CN[C@H](c1ccccc1)c1cc(Br)ccc1NC(=O)c1ccc(OC)cc1. The van der Waals surface area contributed by atoms with Gasteiger partial charge in [-0.05, 0) is 53.6 Å². The first kappa shape index (κ1) is 22.5. The van der Waals surface area contributed by atoms with E-state index in [9.17, 15) is 9.59 Å². The maximum absolute atomic E-state index is 12.9. The first-order chi connectivity index (χ1) is 15.0. The summed E-state index contributed by atoms with van der Waals surface area (Å²) in [6, 6.07) is 21.9. The van der Waals surface area contributed by atoms with Gasteiger partial charge in [0.05, 0.1) is 26.8 Å². The zero-order valence-corrected chi connectivity index (χ0v) is 18.8. The van der Waals surface area contributed by atoms with Gasteiger partial charge in [0.25, 0.3) is 5.91 Å². The number of nitrogens with one attached hydrogen (secondary N) is 2. The number of methoxy groups -OCH3 is 2. The zero-order valence-electron chi connectivity index (χ0n) is 17.2. The van der Waals surface area contributed by atoms with Crippen molar-refractivity contribution >= 4 is 33.5 Å². The minimum absolute atomic E-state index is 0.0223. The van der Waals surface area contributed by atoms with Gasteiger partial charge in [-0.25, -0.2) is 0 Å². The number of hydrogen-bond donors (Lipinski definition) is 2. The van der Waals surface area contributed by atoms with E-state index in [1.807, 2.05) is 48.5 Å². The quantitative estimate of drug-likeness (QED) is 0.460. The van der Waals surface area contributed by atoms with E-state index in [0.717, 1.165) is 15.6 Å². The second kappa shape index (κ2) is 10.7. The summed E-state index contributed by atoms with van der Waals surface area (Å²) in [7, 11) is 2.93. The fourth-order valence-corrected chi connectivity index (χ4v) is 3.51. The number of ether oxygens (including phenoxy) is 2. The smallest absolute Gasteiger partial charge is 0.319 e. The van der Waals surface area contributed by atoms with Gasteiger partial charge in [-0.3, -0.25) is 14.9 Å². The monoisotopic (exact) mass is 482 g/mol. The molecule has 0 saturated carbocycles. The lowest BCUT2D eigenvalue weighted by atomic mass is 9.96. The number of hydrogen-bond acceptors (Lipinski definition) is 5. The van der Waals surface area contributed by atoms with E-state index >= 15 is 0 Å². The summed E-state index contributed by atoms with van der Waals surface area (Å²) in [5.41, 5.74) is 2.90. The third-order valence-electron chi connectivity index (χ3n) is 4.74. The van der Waals surface area contributed by atoms with E-state index in [-0.39, 0.29) is 24.5 Å². The molecule has 1 amide bonds. The van der Waals surface area contributed by atoms with Gasteiger partial charge >= 0.3 is 5.97 Å². The lowest BCUT2D eigenvalue weighted by Gasteiger charge is -2.23. The topological polar surface area (TPSA) is 76.7 Å². The number of amides is 1. The molecule has 2 N–H and O–H groups in total. The number of carbonyl (C=O) groups excluding carboxylic acids is 2. The molecule has 0 heterocycles. The van der Waals surface area contributed by atoms with Crippen molar-refractivity contribution < 1.29 is 19.1 Å². The van der Waals surface area contributed by atoms with Crippen molar-refractivity contribution in [2.24, 2.45) is 0 Å². The maximum Gasteiger partial charge on any atom is 0.319 e. The molecule has 160 valence electrons. The third-order valence-corrected chi connectivity index (χ3v) is 5.23. The van der Waals surface area contributed by atoms with Gasteiger partial charge < -0.3 is 14.8 Å². The molecule has 1 atom stereocenters. The Morgan fingerprint density at radius 1 is 0.968 bits per heavy atom. The molecule has 0 unspecified atom stereocenters. The zero-order chi connectivity index (χ0) is 22.2. The van der Waals surface area contributed by atoms with E-state index < -0.39 is 0 Å². The van der Waals surface area contributed by atoms with Crippen molar-refractivity contribution in [3.05, 3.63) is 94.0 Å². The van der Waals surface area contributed by atoms with Gasteiger partial charge in [-0.1, -0.05) is 46.3 Å². The largest absolute Gasteiger partial charge is 0.497 e. The molecule has 0 spiro atoms. The first-order valence-electron chi connectivity index (χ1n) is 9.62. The standard InChI is InChI=1S/C24H23BrN2O4/c1-30-19-11-8-17(9-12-19)24(29)27-21-13-10-18(25)14-20(21)23(26-15-22(28)31-2)16-6-4-3-5-7-16/h3-14,23,26H,15H2,1-2H3,(H,27,29)/t23-/m1/s1. The molecule has 3 rings (SSSR count). The van der Waals surface area contributed by atoms with Crippen molar-refractivity contribution in [1.82, 2.24) is 5.32 Å². The minimum atomic E-state index is -0.375. The maximum atomic E-state index is 12.9. The van der Waals surface area contributed by atoms with Crippen LogP contribution in [0.1, 0.15) is 27.5 Å². The van der Waals surface area contributed by atoms with Gasteiger partial charge in [-0.15, -0.1) is 0 Å². The molecule has 3 aromatic carbocycles. The van der Waals surface area contributed by atoms with E-state index in [2.05, 4.69) is 26.6 Å². The van der Waals surface area contributed by atoms with Crippen LogP contribution in [0.2, 0.25) is 0 Å². The van der Waals surface area contributed by atoms with Crippen LogP contribution in [-0.4, -0.2) is 32.6 Å². The van der Waals surface area contributed by atoms with Gasteiger partial charge in [0.15, 0.2) is 0 Å². The van der Waals surface area contributed by atoms with Crippen molar-refractivity contribution in [3.63, 3.8) is 0 Å². The molecule has 0 radical (unpaired) electrons. The number of benzene rings is 3. The lowest BCUT2D eigenvalue weighted by molar-refractivity contribution is -0.139. The summed E-state index contributed by atoms with van der Waals surface area (Å²) < 4.78 is 10.8. The Morgan fingerprint density at radius 3 is 2.32 bits per heavy atom. The van der Waals surface area contributed by atoms with Crippen LogP contribution in [-0.2, 0) is 9.53 Å². The molecule has 0 aliphatic carbocycles. The summed E-state index contributed by atoms with van der Waals surface area (Å²) in [5.74, 6) is 0.0581. The number of esters is 1. The molecular formula is C24H23BrN2O4. The molecule has 0 aliphatic rings. The normalized spacial score (nSPS) is 11.5. The van der Waals surface area contributed by atoms with Gasteiger partial charge in [0.2, 0.25) is 0 Å². The number of carbonyl (C=O) groups is 2. The molecular weight excluding hydrogens is 460 g/mol. The fraction of sp³-hybridized carbons (Fsp3) is 0.167. The van der Waals surface area contributed by atoms with E-state index in [4.69, 9.17) is 9.47 Å². The Bertz CT molecular complexity index is 1040.